The maximum Gasteiger partial charge on any atom is 0.261 e. The zero-order chi connectivity index (χ0) is 26.3. The van der Waals surface area contributed by atoms with Crippen LogP contribution in [0.4, 0.5) is 4.39 Å². The second-order valence-electron chi connectivity index (χ2n) is 11.6. The summed E-state index contributed by atoms with van der Waals surface area (Å²) >= 11 is 0. The molecule has 35 heavy (non-hydrogen) atoms. The van der Waals surface area contributed by atoms with E-state index in [-0.39, 0.29) is 16.8 Å². The molecule has 2 rings (SSSR count). The molecule has 2 aromatic rings. The first-order chi connectivity index (χ1) is 16.3. The van der Waals surface area contributed by atoms with E-state index in [0.29, 0.717) is 19.4 Å². The molecule has 0 aliphatic rings. The predicted molar refractivity (Wildman–Crippen MR) is 152 cm³/mol. The van der Waals surface area contributed by atoms with Crippen molar-refractivity contribution in [3.8, 4) is 0 Å². The van der Waals surface area contributed by atoms with Gasteiger partial charge in [-0.25, -0.2) is 13.3 Å². The summed E-state index contributed by atoms with van der Waals surface area (Å²) in [5.41, 5.74) is 0. The van der Waals surface area contributed by atoms with Gasteiger partial charge in [-0.05, 0) is 61.0 Å². The van der Waals surface area contributed by atoms with Gasteiger partial charge in [0.15, 0.2) is 0 Å². The normalized spacial score (nSPS) is 15.3. The summed E-state index contributed by atoms with van der Waals surface area (Å²) in [4.78, 5) is 0. The second kappa shape index (κ2) is 12.6. The van der Waals surface area contributed by atoms with Crippen LogP contribution in [0.3, 0.4) is 0 Å². The van der Waals surface area contributed by atoms with Crippen LogP contribution in [0, 0.1) is 5.92 Å². The second-order valence-corrected chi connectivity index (χ2v) is 17.9. The predicted octanol–water partition coefficient (Wildman–Crippen LogP) is 6.27. The smallest absolute Gasteiger partial charge is 0.261 e. The lowest BCUT2D eigenvalue weighted by Gasteiger charge is -2.43. The highest BCUT2D eigenvalue weighted by Gasteiger charge is 2.49. The standard InChI is InChI=1S/C29H44FNO2SSi/c1-23(2)22-27(31-34(32)28(3,4)5)26(30)20-15-21-33-35(29(6,7)8,24-16-11-9-12-17-24)25-18-13-10-14-19-25/h9-14,16-20,23,27,31H,15,21-22H2,1-8H3/b26-20-/t27-,34?/m1/s1. The van der Waals surface area contributed by atoms with Crippen molar-refractivity contribution in [1.82, 2.24) is 4.72 Å². The lowest BCUT2D eigenvalue weighted by atomic mass is 10.0. The van der Waals surface area contributed by atoms with Gasteiger partial charge in [0, 0.05) is 6.61 Å². The van der Waals surface area contributed by atoms with Gasteiger partial charge >= 0.3 is 0 Å². The van der Waals surface area contributed by atoms with Crippen molar-refractivity contribution in [2.24, 2.45) is 5.92 Å². The lowest BCUT2D eigenvalue weighted by Crippen LogP contribution is -2.66. The van der Waals surface area contributed by atoms with Gasteiger partial charge in [-0.15, -0.1) is 0 Å². The summed E-state index contributed by atoms with van der Waals surface area (Å²) < 4.78 is 37.4. The van der Waals surface area contributed by atoms with Gasteiger partial charge in [0.05, 0.1) is 21.8 Å². The van der Waals surface area contributed by atoms with Crippen molar-refractivity contribution < 1.29 is 13.0 Å². The fourth-order valence-corrected chi connectivity index (χ4v) is 9.71. The van der Waals surface area contributed by atoms with E-state index < -0.39 is 30.1 Å². The molecule has 0 amide bonds. The van der Waals surface area contributed by atoms with E-state index in [2.05, 4.69) is 74.0 Å². The average Bonchev–Trinajstić information content (AvgIpc) is 2.78. The summed E-state index contributed by atoms with van der Waals surface area (Å²) in [6, 6.07) is 20.4. The zero-order valence-electron chi connectivity index (χ0n) is 22.7. The van der Waals surface area contributed by atoms with Gasteiger partial charge in [0.2, 0.25) is 0 Å². The van der Waals surface area contributed by atoms with E-state index in [9.17, 15) is 4.21 Å². The van der Waals surface area contributed by atoms with Gasteiger partial charge in [-0.2, -0.15) is 0 Å². The molecule has 194 valence electrons. The van der Waals surface area contributed by atoms with Crippen LogP contribution in [-0.4, -0.2) is 29.9 Å². The molecule has 1 unspecified atom stereocenters. The molecule has 0 radical (unpaired) electrons. The Labute approximate surface area is 216 Å². The fraction of sp³-hybridized carbons (Fsp3) is 0.517. The molecule has 0 fully saturated rings. The van der Waals surface area contributed by atoms with Crippen LogP contribution in [0.25, 0.3) is 0 Å². The quantitative estimate of drug-likeness (QED) is 0.282. The van der Waals surface area contributed by atoms with Crippen molar-refractivity contribution in [2.45, 2.75) is 84.1 Å². The van der Waals surface area contributed by atoms with Crippen LogP contribution < -0.4 is 15.1 Å². The third kappa shape index (κ3) is 7.94. The minimum Gasteiger partial charge on any atom is -0.407 e. The van der Waals surface area contributed by atoms with Crippen LogP contribution in [0.2, 0.25) is 5.04 Å². The highest BCUT2D eigenvalue weighted by Crippen LogP contribution is 2.36. The Morgan fingerprint density at radius 2 is 1.46 bits per heavy atom. The number of halogens is 1. The molecule has 0 aliphatic carbocycles. The molecule has 0 bridgehead atoms. The minimum atomic E-state index is -2.64. The highest BCUT2D eigenvalue weighted by atomic mass is 32.2. The lowest BCUT2D eigenvalue weighted by molar-refractivity contribution is 0.302. The maximum absolute atomic E-state index is 15.3. The number of rotatable bonds is 11. The number of hydrogen-bond acceptors (Lipinski definition) is 2. The van der Waals surface area contributed by atoms with E-state index in [1.54, 1.807) is 6.08 Å². The van der Waals surface area contributed by atoms with E-state index in [0.717, 1.165) is 0 Å². The average molecular weight is 518 g/mol. The summed E-state index contributed by atoms with van der Waals surface area (Å²) in [5.74, 6) is 0.0133. The zero-order valence-corrected chi connectivity index (χ0v) is 24.5. The summed E-state index contributed by atoms with van der Waals surface area (Å²) in [6.45, 7) is 16.9. The Morgan fingerprint density at radius 1 is 0.971 bits per heavy atom. The molecule has 1 N–H and O–H groups in total. The molecular formula is C29H44FNO2SSi. The van der Waals surface area contributed by atoms with Gasteiger partial charge in [0.25, 0.3) is 8.32 Å². The van der Waals surface area contributed by atoms with Gasteiger partial charge in [0.1, 0.15) is 5.83 Å². The van der Waals surface area contributed by atoms with Crippen LogP contribution in [-0.2, 0) is 15.4 Å². The van der Waals surface area contributed by atoms with E-state index >= 15 is 4.39 Å². The Balaban J connectivity index is 2.29. The third-order valence-electron chi connectivity index (χ3n) is 6.04. The van der Waals surface area contributed by atoms with Crippen LogP contribution >= 0.6 is 0 Å². The van der Waals surface area contributed by atoms with Crippen LogP contribution in [0.1, 0.15) is 68.2 Å². The minimum absolute atomic E-state index is 0.122. The molecule has 2 aromatic carbocycles. The van der Waals surface area contributed by atoms with Crippen LogP contribution in [0.5, 0.6) is 0 Å². The number of benzene rings is 2. The molecular weight excluding hydrogens is 473 g/mol. The van der Waals surface area contributed by atoms with Gasteiger partial charge in [-0.1, -0.05) is 95.3 Å². The highest BCUT2D eigenvalue weighted by molar-refractivity contribution is 7.84. The SMILES string of the molecule is CC(C)C[C@@H](NS(=O)C(C)(C)C)/C(F)=C/CCO[Si](c1ccccc1)(c1ccccc1)C(C)(C)C. The molecule has 0 aliphatic heterocycles. The molecule has 0 aromatic heterocycles. The van der Waals surface area contributed by atoms with Crippen molar-refractivity contribution in [3.63, 3.8) is 0 Å². The van der Waals surface area contributed by atoms with Crippen molar-refractivity contribution in [2.75, 3.05) is 6.61 Å². The first-order valence-electron chi connectivity index (χ1n) is 12.6. The summed E-state index contributed by atoms with van der Waals surface area (Å²) in [7, 11) is -3.98. The third-order valence-corrected chi connectivity index (χ3v) is 12.7. The monoisotopic (exact) mass is 517 g/mol. The maximum atomic E-state index is 15.3. The Morgan fingerprint density at radius 3 is 1.86 bits per heavy atom. The van der Waals surface area contributed by atoms with Crippen LogP contribution in [0.15, 0.2) is 72.6 Å². The molecule has 0 saturated carbocycles. The molecule has 2 atom stereocenters. The molecule has 0 heterocycles. The topological polar surface area (TPSA) is 38.3 Å². The Kier molecular flexibility index (Phi) is 10.6. The Hall–Kier alpha value is -1.60. The first kappa shape index (κ1) is 29.6. The molecule has 0 saturated heterocycles. The van der Waals surface area contributed by atoms with E-state index in [1.165, 1.54) is 10.4 Å². The van der Waals surface area contributed by atoms with Gasteiger partial charge < -0.3 is 4.43 Å². The largest absolute Gasteiger partial charge is 0.407 e. The van der Waals surface area contributed by atoms with Crippen molar-refractivity contribution in [1.29, 1.82) is 0 Å². The molecule has 6 heteroatoms. The summed E-state index contributed by atoms with van der Waals surface area (Å²) in [6.07, 6.45) is 2.65. The number of nitrogens with one attached hydrogen (secondary N) is 1. The molecule has 0 spiro atoms. The first-order valence-corrected chi connectivity index (χ1v) is 15.6. The summed E-state index contributed by atoms with van der Waals surface area (Å²) in [5, 5.41) is 2.30. The number of hydrogen-bond donors (Lipinski definition) is 1. The van der Waals surface area contributed by atoms with Gasteiger partial charge in [-0.3, -0.25) is 0 Å². The fourth-order valence-electron chi connectivity index (χ4n) is 4.31. The molecule has 3 nitrogen and oxygen atoms in total. The van der Waals surface area contributed by atoms with Crippen molar-refractivity contribution >= 4 is 29.7 Å². The van der Waals surface area contributed by atoms with E-state index in [1.807, 2.05) is 46.8 Å². The van der Waals surface area contributed by atoms with Crippen molar-refractivity contribution in [3.05, 3.63) is 72.6 Å². The Bertz CT molecular complexity index is 926. The van der Waals surface area contributed by atoms with E-state index in [4.69, 9.17) is 4.43 Å².